The second-order valence-corrected chi connectivity index (χ2v) is 12.5. The lowest BCUT2D eigenvalue weighted by Crippen LogP contribution is -2.54. The molecule has 224 valence electrons. The monoisotopic (exact) mass is 567 g/mol. The Balaban J connectivity index is 1.24. The Bertz CT molecular complexity index is 1130. The summed E-state index contributed by atoms with van der Waals surface area (Å²) in [4.78, 5) is 65.5. The topological polar surface area (TPSA) is 99.8 Å². The number of likely N-dealkylation sites (tertiary alicyclic amines) is 2. The van der Waals surface area contributed by atoms with Crippen molar-refractivity contribution in [3.8, 4) is 0 Å². The van der Waals surface area contributed by atoms with Crippen LogP contribution in [0.1, 0.15) is 37.0 Å². The summed E-state index contributed by atoms with van der Waals surface area (Å²) in [6.45, 7) is 11.3. The van der Waals surface area contributed by atoms with E-state index in [0.29, 0.717) is 38.0 Å². The van der Waals surface area contributed by atoms with Crippen molar-refractivity contribution in [3.05, 3.63) is 29.8 Å². The van der Waals surface area contributed by atoms with Crippen LogP contribution in [0.3, 0.4) is 0 Å². The highest BCUT2D eigenvalue weighted by molar-refractivity contribution is 6.00. The van der Waals surface area contributed by atoms with Crippen LogP contribution in [-0.2, 0) is 9.59 Å². The van der Waals surface area contributed by atoms with E-state index in [-0.39, 0.29) is 42.1 Å². The first kappa shape index (κ1) is 29.3. The Morgan fingerprint density at radius 1 is 0.854 bits per heavy atom. The molecule has 4 aliphatic rings. The van der Waals surface area contributed by atoms with Gasteiger partial charge in [0.05, 0.1) is 12.6 Å². The molecule has 1 N–H and O–H groups in total. The van der Waals surface area contributed by atoms with E-state index >= 15 is 0 Å². The van der Waals surface area contributed by atoms with Crippen molar-refractivity contribution in [2.75, 3.05) is 84.4 Å². The second-order valence-electron chi connectivity index (χ2n) is 12.5. The van der Waals surface area contributed by atoms with Gasteiger partial charge < -0.3 is 34.7 Å². The molecule has 11 heteroatoms. The number of ketones is 1. The van der Waals surface area contributed by atoms with Crippen molar-refractivity contribution in [3.63, 3.8) is 0 Å². The molecule has 41 heavy (non-hydrogen) atoms. The van der Waals surface area contributed by atoms with Gasteiger partial charge in [0.15, 0.2) is 5.78 Å². The van der Waals surface area contributed by atoms with Gasteiger partial charge in [-0.2, -0.15) is 0 Å². The third-order valence-electron chi connectivity index (χ3n) is 9.03. The molecular formula is C30H45N7O4. The summed E-state index contributed by atoms with van der Waals surface area (Å²) >= 11 is 0. The largest absolute Gasteiger partial charge is 0.369 e. The number of rotatable bonds is 6. The van der Waals surface area contributed by atoms with Crippen LogP contribution >= 0.6 is 0 Å². The number of hydrogen-bond acceptors (Lipinski definition) is 7. The number of benzene rings is 1. The standard InChI is InChI=1S/C30H45N7O4/c1-21(2)19-24(31-28(39)22-5-7-23(8-6-22)34-15-11-32(3)12-16-34)29(40)36-10-9-25-27(36)26(38)20-37(25)30(41)35-17-13-33(4)14-18-35/h5-8,21,24-25,27H,9-20H2,1-4H3,(H,31,39). The van der Waals surface area contributed by atoms with Gasteiger partial charge in [-0.3, -0.25) is 14.4 Å². The smallest absolute Gasteiger partial charge is 0.320 e. The highest BCUT2D eigenvalue weighted by Gasteiger charge is 2.53. The van der Waals surface area contributed by atoms with Crippen molar-refractivity contribution in [2.45, 2.75) is 44.8 Å². The van der Waals surface area contributed by atoms with Crippen LogP contribution < -0.4 is 10.2 Å². The zero-order chi connectivity index (χ0) is 29.3. The number of amides is 4. The number of likely N-dealkylation sites (N-methyl/N-ethyl adjacent to an activating group) is 2. The number of piperazine rings is 2. The van der Waals surface area contributed by atoms with Crippen molar-refractivity contribution < 1.29 is 19.2 Å². The Labute approximate surface area is 243 Å². The number of hydrogen-bond donors (Lipinski definition) is 1. The molecule has 0 bridgehead atoms. The summed E-state index contributed by atoms with van der Waals surface area (Å²) in [5, 5.41) is 2.98. The minimum Gasteiger partial charge on any atom is -0.369 e. The molecule has 4 heterocycles. The van der Waals surface area contributed by atoms with E-state index in [2.05, 4.69) is 27.1 Å². The van der Waals surface area contributed by atoms with E-state index in [9.17, 15) is 19.2 Å². The molecule has 0 saturated carbocycles. The molecular weight excluding hydrogens is 522 g/mol. The molecule has 4 fully saturated rings. The number of urea groups is 1. The summed E-state index contributed by atoms with van der Waals surface area (Å²) in [5.41, 5.74) is 1.59. The highest BCUT2D eigenvalue weighted by Crippen LogP contribution is 2.32. The SMILES string of the molecule is CC(C)CC(NC(=O)c1ccc(N2CCN(C)CC2)cc1)C(=O)N1CCC2C1C(=O)CN2C(=O)N1CCN(C)CC1. The van der Waals surface area contributed by atoms with Gasteiger partial charge in [-0.15, -0.1) is 0 Å². The van der Waals surface area contributed by atoms with Gasteiger partial charge in [-0.1, -0.05) is 13.8 Å². The lowest BCUT2D eigenvalue weighted by molar-refractivity contribution is -0.138. The quantitative estimate of drug-likeness (QED) is 0.543. The first-order valence-corrected chi connectivity index (χ1v) is 15.0. The number of anilines is 1. The predicted molar refractivity (Wildman–Crippen MR) is 157 cm³/mol. The van der Waals surface area contributed by atoms with E-state index in [1.807, 2.05) is 50.1 Å². The number of Topliss-reactive ketones (excluding diaryl/α,β-unsaturated/α-hetero) is 1. The third-order valence-corrected chi connectivity index (χ3v) is 9.03. The van der Waals surface area contributed by atoms with E-state index in [1.54, 1.807) is 9.80 Å². The summed E-state index contributed by atoms with van der Waals surface area (Å²) in [5.74, 6) is -0.473. The summed E-state index contributed by atoms with van der Waals surface area (Å²) < 4.78 is 0. The first-order chi connectivity index (χ1) is 19.6. The van der Waals surface area contributed by atoms with Crippen LogP contribution in [0.15, 0.2) is 24.3 Å². The zero-order valence-electron chi connectivity index (χ0n) is 24.9. The van der Waals surface area contributed by atoms with Gasteiger partial charge in [0.25, 0.3) is 5.91 Å². The van der Waals surface area contributed by atoms with Crippen LogP contribution in [0.4, 0.5) is 10.5 Å². The zero-order valence-corrected chi connectivity index (χ0v) is 24.9. The van der Waals surface area contributed by atoms with Gasteiger partial charge in [0.2, 0.25) is 5.91 Å². The van der Waals surface area contributed by atoms with Gasteiger partial charge >= 0.3 is 6.03 Å². The average Bonchev–Trinajstić information content (AvgIpc) is 3.54. The fourth-order valence-electron chi connectivity index (χ4n) is 6.53. The van der Waals surface area contributed by atoms with Gasteiger partial charge in [-0.25, -0.2) is 4.79 Å². The number of fused-ring (bicyclic) bond motifs is 1. The second kappa shape index (κ2) is 12.4. The lowest BCUT2D eigenvalue weighted by Gasteiger charge is -2.36. The Morgan fingerprint density at radius 2 is 1.46 bits per heavy atom. The Morgan fingerprint density at radius 3 is 2.07 bits per heavy atom. The number of carbonyl (C=O) groups excluding carboxylic acids is 4. The Kier molecular flexibility index (Phi) is 8.84. The van der Waals surface area contributed by atoms with Gasteiger partial charge in [0, 0.05) is 70.2 Å². The lowest BCUT2D eigenvalue weighted by atomic mass is 10.0. The fourth-order valence-corrected chi connectivity index (χ4v) is 6.53. The molecule has 5 rings (SSSR count). The molecule has 0 radical (unpaired) electrons. The molecule has 0 aliphatic carbocycles. The van der Waals surface area contributed by atoms with Crippen LogP contribution in [0.5, 0.6) is 0 Å². The molecule has 1 aromatic rings. The predicted octanol–water partition coefficient (Wildman–Crippen LogP) is 0.805. The molecule has 0 aromatic heterocycles. The van der Waals surface area contributed by atoms with Gasteiger partial charge in [-0.05, 0) is 57.1 Å². The molecule has 4 aliphatic heterocycles. The van der Waals surface area contributed by atoms with Crippen LogP contribution in [0.25, 0.3) is 0 Å². The molecule has 4 saturated heterocycles. The first-order valence-electron chi connectivity index (χ1n) is 15.0. The van der Waals surface area contributed by atoms with E-state index in [4.69, 9.17) is 0 Å². The third kappa shape index (κ3) is 6.35. The van der Waals surface area contributed by atoms with E-state index < -0.39 is 12.1 Å². The minimum atomic E-state index is -0.742. The average molecular weight is 568 g/mol. The van der Waals surface area contributed by atoms with Crippen LogP contribution in [0.2, 0.25) is 0 Å². The molecule has 3 atom stereocenters. The highest BCUT2D eigenvalue weighted by atomic mass is 16.2. The molecule has 11 nitrogen and oxygen atoms in total. The maximum atomic E-state index is 13.9. The normalized spacial score (nSPS) is 24.7. The van der Waals surface area contributed by atoms with Crippen molar-refractivity contribution in [1.29, 1.82) is 0 Å². The summed E-state index contributed by atoms with van der Waals surface area (Å²) in [6.07, 6.45) is 1.04. The number of nitrogens with zero attached hydrogens (tertiary/aromatic N) is 6. The Hall–Kier alpha value is -3.18. The summed E-state index contributed by atoms with van der Waals surface area (Å²) in [7, 11) is 4.16. The van der Waals surface area contributed by atoms with Gasteiger partial charge in [0.1, 0.15) is 12.1 Å². The maximum absolute atomic E-state index is 13.9. The number of nitrogens with one attached hydrogen (secondary N) is 1. The minimum absolute atomic E-state index is 0.0329. The number of carbonyl (C=O) groups is 4. The van der Waals surface area contributed by atoms with E-state index in [0.717, 1.165) is 45.0 Å². The summed E-state index contributed by atoms with van der Waals surface area (Å²) in [6, 6.07) is 5.75. The van der Waals surface area contributed by atoms with Crippen LogP contribution in [0, 0.1) is 5.92 Å². The van der Waals surface area contributed by atoms with Crippen molar-refractivity contribution >= 4 is 29.3 Å². The van der Waals surface area contributed by atoms with Crippen molar-refractivity contribution in [2.24, 2.45) is 5.92 Å². The van der Waals surface area contributed by atoms with Crippen molar-refractivity contribution in [1.82, 2.24) is 29.8 Å². The fraction of sp³-hybridized carbons (Fsp3) is 0.667. The maximum Gasteiger partial charge on any atom is 0.320 e. The molecule has 4 amide bonds. The van der Waals surface area contributed by atoms with Crippen LogP contribution in [-0.4, -0.2) is 146 Å². The van der Waals surface area contributed by atoms with E-state index in [1.165, 1.54) is 0 Å². The molecule has 1 aromatic carbocycles. The molecule has 3 unspecified atom stereocenters. The molecule has 0 spiro atoms.